The third-order valence-electron chi connectivity index (χ3n) is 6.16. The number of nitrogens with zero attached hydrogens (tertiary/aromatic N) is 2. The van der Waals surface area contributed by atoms with Gasteiger partial charge < -0.3 is 19.2 Å². The fraction of sp³-hybridized carbons (Fsp3) is 0.385. The number of benzene rings is 2. The summed E-state index contributed by atoms with van der Waals surface area (Å²) in [6, 6.07) is 12.2. The summed E-state index contributed by atoms with van der Waals surface area (Å²) < 4.78 is 11.9. The first-order chi connectivity index (χ1) is 15.3. The van der Waals surface area contributed by atoms with Crippen molar-refractivity contribution >= 4 is 11.7 Å². The lowest BCUT2D eigenvalue weighted by atomic mass is 9.98. The van der Waals surface area contributed by atoms with E-state index in [1.165, 1.54) is 16.8 Å². The van der Waals surface area contributed by atoms with Crippen LogP contribution in [0.5, 0.6) is 5.75 Å². The lowest BCUT2D eigenvalue weighted by Crippen LogP contribution is -2.09. The first kappa shape index (κ1) is 21.9. The van der Waals surface area contributed by atoms with Crippen LogP contribution in [0.4, 0.5) is 5.69 Å². The van der Waals surface area contributed by atoms with Gasteiger partial charge in [0.15, 0.2) is 0 Å². The summed E-state index contributed by atoms with van der Waals surface area (Å²) in [5.74, 6) is 1.63. The van der Waals surface area contributed by atoms with Gasteiger partial charge in [-0.25, -0.2) is 4.98 Å². The Kier molecular flexibility index (Phi) is 6.21. The highest BCUT2D eigenvalue weighted by molar-refractivity contribution is 5.68. The predicted molar refractivity (Wildman–Crippen MR) is 125 cm³/mol. The Labute approximate surface area is 188 Å². The normalized spacial score (nSPS) is 14.9. The van der Waals surface area contributed by atoms with Gasteiger partial charge in [-0.1, -0.05) is 6.07 Å². The Morgan fingerprint density at radius 2 is 2.03 bits per heavy atom. The molecule has 6 heteroatoms. The maximum absolute atomic E-state index is 11.0. The van der Waals surface area contributed by atoms with Gasteiger partial charge in [0.05, 0.1) is 18.7 Å². The Hall–Kier alpha value is -3.28. The Morgan fingerprint density at radius 1 is 1.22 bits per heavy atom. The van der Waals surface area contributed by atoms with Gasteiger partial charge in [0, 0.05) is 31.8 Å². The van der Waals surface area contributed by atoms with Crippen molar-refractivity contribution in [1.82, 2.24) is 4.98 Å². The highest BCUT2D eigenvalue weighted by Crippen LogP contribution is 2.37. The fourth-order valence-corrected chi connectivity index (χ4v) is 4.53. The molecule has 0 bridgehead atoms. The molecule has 0 spiro atoms. The van der Waals surface area contributed by atoms with Crippen molar-refractivity contribution in [1.29, 1.82) is 0 Å². The maximum atomic E-state index is 11.0. The number of carbonyl (C=O) groups is 1. The molecule has 0 amide bonds. The van der Waals surface area contributed by atoms with E-state index in [1.54, 1.807) is 0 Å². The smallest absolute Gasteiger partial charge is 0.303 e. The van der Waals surface area contributed by atoms with Crippen molar-refractivity contribution < 1.29 is 19.1 Å². The zero-order valence-electron chi connectivity index (χ0n) is 19.1. The van der Waals surface area contributed by atoms with E-state index in [0.717, 1.165) is 41.2 Å². The second kappa shape index (κ2) is 9.07. The maximum Gasteiger partial charge on any atom is 0.303 e. The number of carboxylic acids is 1. The number of aryl methyl sites for hydroxylation is 3. The predicted octanol–water partition coefficient (Wildman–Crippen LogP) is 5.15. The molecule has 1 N–H and O–H groups in total. The van der Waals surface area contributed by atoms with Gasteiger partial charge in [-0.05, 0) is 79.6 Å². The van der Waals surface area contributed by atoms with Crippen molar-refractivity contribution in [3.8, 4) is 17.2 Å². The number of anilines is 1. The van der Waals surface area contributed by atoms with Crippen LogP contribution < -0.4 is 9.64 Å². The summed E-state index contributed by atoms with van der Waals surface area (Å²) >= 11 is 0. The van der Waals surface area contributed by atoms with Crippen molar-refractivity contribution in [2.24, 2.45) is 0 Å². The third kappa shape index (κ3) is 4.64. The molecule has 1 heterocycles. The molecular formula is C26H30N2O4. The summed E-state index contributed by atoms with van der Waals surface area (Å²) in [6.07, 6.45) is 2.64. The first-order valence-electron chi connectivity index (χ1n) is 11.0. The Balaban J connectivity index is 1.39. The SMILES string of the molecule is Cc1cc(-c2nc(CCOc3ccc4c(c3)CC[C@H]4CC(=O)O)c(C)o2)ccc1N(C)C. The molecular weight excluding hydrogens is 404 g/mol. The molecule has 0 saturated carbocycles. The number of ether oxygens (including phenoxy) is 1. The van der Waals surface area contributed by atoms with Crippen LogP contribution >= 0.6 is 0 Å². The highest BCUT2D eigenvalue weighted by atomic mass is 16.5. The number of oxazole rings is 1. The Morgan fingerprint density at radius 3 is 2.75 bits per heavy atom. The monoisotopic (exact) mass is 434 g/mol. The molecule has 4 rings (SSSR count). The Bertz CT molecular complexity index is 1130. The van der Waals surface area contributed by atoms with Gasteiger partial charge in [-0.3, -0.25) is 4.79 Å². The summed E-state index contributed by atoms with van der Waals surface area (Å²) in [4.78, 5) is 17.8. The highest BCUT2D eigenvalue weighted by Gasteiger charge is 2.25. The molecule has 0 fully saturated rings. The van der Waals surface area contributed by atoms with Crippen molar-refractivity contribution in [2.75, 3.05) is 25.6 Å². The van der Waals surface area contributed by atoms with E-state index in [1.807, 2.05) is 45.3 Å². The van der Waals surface area contributed by atoms with Crippen LogP contribution in [0, 0.1) is 13.8 Å². The minimum absolute atomic E-state index is 0.114. The quantitative estimate of drug-likeness (QED) is 0.528. The molecule has 0 aliphatic heterocycles. The lowest BCUT2D eigenvalue weighted by Gasteiger charge is -2.15. The van der Waals surface area contributed by atoms with Crippen LogP contribution in [0.2, 0.25) is 0 Å². The third-order valence-corrected chi connectivity index (χ3v) is 6.16. The number of fused-ring (bicyclic) bond motifs is 1. The van der Waals surface area contributed by atoms with Crippen molar-refractivity contribution in [2.45, 2.75) is 45.4 Å². The topological polar surface area (TPSA) is 75.8 Å². The molecule has 1 atom stereocenters. The summed E-state index contributed by atoms with van der Waals surface area (Å²) in [5, 5.41) is 9.08. The van der Waals surface area contributed by atoms with Gasteiger partial charge in [0.1, 0.15) is 11.5 Å². The first-order valence-corrected chi connectivity index (χ1v) is 11.0. The number of aliphatic carboxylic acids is 1. The van der Waals surface area contributed by atoms with E-state index in [-0.39, 0.29) is 12.3 Å². The standard InChI is InChI=1S/C26H30N2O4/c1-16-13-20(7-10-24(16)28(3)4)26-27-23(17(2)32-26)11-12-31-21-8-9-22-18(14-21)5-6-19(22)15-25(29)30/h7-10,13-14,19H,5-6,11-12,15H2,1-4H3,(H,29,30)/t19-/m0/s1. The number of carboxylic acid groups (broad SMARTS) is 1. The second-order valence-corrected chi connectivity index (χ2v) is 8.71. The number of hydrogen-bond acceptors (Lipinski definition) is 5. The average Bonchev–Trinajstić information content (AvgIpc) is 3.30. The largest absolute Gasteiger partial charge is 0.493 e. The molecule has 1 aromatic heterocycles. The zero-order valence-corrected chi connectivity index (χ0v) is 19.1. The summed E-state index contributed by atoms with van der Waals surface area (Å²) in [6.45, 7) is 4.53. The average molecular weight is 435 g/mol. The molecule has 168 valence electrons. The van der Waals surface area contributed by atoms with E-state index in [0.29, 0.717) is 18.9 Å². The molecule has 1 aliphatic carbocycles. The van der Waals surface area contributed by atoms with Gasteiger partial charge in [-0.2, -0.15) is 0 Å². The number of rotatable bonds is 8. The van der Waals surface area contributed by atoms with Crippen molar-refractivity contribution in [3.05, 3.63) is 64.5 Å². The minimum atomic E-state index is -0.741. The van der Waals surface area contributed by atoms with Crippen LogP contribution in [0.3, 0.4) is 0 Å². The summed E-state index contributed by atoms with van der Waals surface area (Å²) in [7, 11) is 4.07. The van der Waals surface area contributed by atoms with E-state index < -0.39 is 5.97 Å². The van der Waals surface area contributed by atoms with Crippen LogP contribution in [-0.2, 0) is 17.6 Å². The van der Waals surface area contributed by atoms with E-state index >= 15 is 0 Å². The van der Waals surface area contributed by atoms with E-state index in [9.17, 15) is 4.79 Å². The molecule has 0 radical (unpaired) electrons. The molecule has 2 aromatic carbocycles. The lowest BCUT2D eigenvalue weighted by molar-refractivity contribution is -0.137. The van der Waals surface area contributed by atoms with Gasteiger partial charge in [-0.15, -0.1) is 0 Å². The molecule has 1 aliphatic rings. The molecule has 3 aromatic rings. The second-order valence-electron chi connectivity index (χ2n) is 8.71. The van der Waals surface area contributed by atoms with Crippen molar-refractivity contribution in [3.63, 3.8) is 0 Å². The van der Waals surface area contributed by atoms with E-state index in [2.05, 4.69) is 24.0 Å². The fourth-order valence-electron chi connectivity index (χ4n) is 4.53. The van der Waals surface area contributed by atoms with Gasteiger partial charge >= 0.3 is 5.97 Å². The van der Waals surface area contributed by atoms with Gasteiger partial charge in [0.2, 0.25) is 5.89 Å². The number of aromatic nitrogens is 1. The van der Waals surface area contributed by atoms with Gasteiger partial charge in [0.25, 0.3) is 0 Å². The van der Waals surface area contributed by atoms with Crippen LogP contribution in [0.15, 0.2) is 40.8 Å². The molecule has 32 heavy (non-hydrogen) atoms. The zero-order chi connectivity index (χ0) is 22.8. The van der Waals surface area contributed by atoms with Crippen LogP contribution in [-0.4, -0.2) is 36.8 Å². The molecule has 0 unspecified atom stereocenters. The molecule has 0 saturated heterocycles. The van der Waals surface area contributed by atoms with E-state index in [4.69, 9.17) is 19.2 Å². The van der Waals surface area contributed by atoms with Crippen LogP contribution in [0.25, 0.3) is 11.5 Å². The number of hydrogen-bond donors (Lipinski definition) is 1. The van der Waals surface area contributed by atoms with Crippen LogP contribution in [0.1, 0.15) is 46.9 Å². The summed E-state index contributed by atoms with van der Waals surface area (Å²) in [5.41, 5.74) is 6.57. The molecule has 6 nitrogen and oxygen atoms in total. The minimum Gasteiger partial charge on any atom is -0.493 e.